The summed E-state index contributed by atoms with van der Waals surface area (Å²) in [4.78, 5) is 1.92. The molecule has 1 fully saturated rings. The second-order valence-corrected chi connectivity index (χ2v) is 9.75. The van der Waals surface area contributed by atoms with Gasteiger partial charge in [0.15, 0.2) is 0 Å². The SMILES string of the molecule is CN1CC[C@H](Oc2cc(NS(=O)(=O)c3cccc4c(Cl)cccc34)ccc2C(F)(F)F)C1. The third-order valence-corrected chi connectivity index (χ3v) is 7.07. The van der Waals surface area contributed by atoms with E-state index in [0.717, 1.165) is 18.2 Å². The van der Waals surface area contributed by atoms with Crippen LogP contribution in [0.1, 0.15) is 12.0 Å². The third-order valence-electron chi connectivity index (χ3n) is 5.30. The van der Waals surface area contributed by atoms with Crippen LogP contribution in [0, 0.1) is 0 Å². The Labute approximate surface area is 188 Å². The standard InChI is InChI=1S/C22H20ClF3N2O3S/c1-28-11-10-15(13-28)31-20-12-14(8-9-18(20)22(24,25)26)27-32(29,30)21-7-3-4-16-17(21)5-2-6-19(16)23/h2-9,12,15,27H,10-11,13H2,1H3/t15-/m0/s1. The molecule has 1 aliphatic rings. The van der Waals surface area contributed by atoms with Crippen molar-refractivity contribution < 1.29 is 26.3 Å². The lowest BCUT2D eigenvalue weighted by Gasteiger charge is -2.20. The average Bonchev–Trinajstić information content (AvgIpc) is 3.11. The molecule has 0 spiro atoms. The van der Waals surface area contributed by atoms with Crippen LogP contribution in [0.25, 0.3) is 10.8 Å². The van der Waals surface area contributed by atoms with Crippen LogP contribution in [-0.2, 0) is 16.2 Å². The lowest BCUT2D eigenvalue weighted by atomic mass is 10.1. The molecule has 3 aromatic rings. The summed E-state index contributed by atoms with van der Waals surface area (Å²) < 4.78 is 74.7. The van der Waals surface area contributed by atoms with Crippen LogP contribution >= 0.6 is 11.6 Å². The summed E-state index contributed by atoms with van der Waals surface area (Å²) >= 11 is 6.17. The summed E-state index contributed by atoms with van der Waals surface area (Å²) in [7, 11) is -2.26. The van der Waals surface area contributed by atoms with E-state index in [1.54, 1.807) is 30.3 Å². The number of nitrogens with one attached hydrogen (secondary N) is 1. The van der Waals surface area contributed by atoms with E-state index >= 15 is 0 Å². The molecule has 0 radical (unpaired) electrons. The predicted octanol–water partition coefficient (Wildman–Crippen LogP) is 5.40. The first kappa shape index (κ1) is 22.7. The Morgan fingerprint density at radius 1 is 1.09 bits per heavy atom. The summed E-state index contributed by atoms with van der Waals surface area (Å²) in [6.07, 6.45) is -4.46. The van der Waals surface area contributed by atoms with Gasteiger partial charge in [-0.25, -0.2) is 8.42 Å². The van der Waals surface area contributed by atoms with Gasteiger partial charge in [-0.15, -0.1) is 0 Å². The van der Waals surface area contributed by atoms with Gasteiger partial charge in [0.05, 0.1) is 16.1 Å². The zero-order valence-electron chi connectivity index (χ0n) is 17.0. The van der Waals surface area contributed by atoms with Crippen molar-refractivity contribution in [3.05, 3.63) is 65.2 Å². The second-order valence-electron chi connectivity index (χ2n) is 7.70. The molecule has 4 rings (SSSR count). The van der Waals surface area contributed by atoms with Crippen molar-refractivity contribution in [2.75, 3.05) is 24.9 Å². The Kier molecular flexibility index (Phi) is 6.00. The molecule has 1 heterocycles. The Bertz CT molecular complexity index is 1270. The Morgan fingerprint density at radius 3 is 2.50 bits per heavy atom. The molecule has 0 saturated carbocycles. The van der Waals surface area contributed by atoms with Gasteiger partial charge >= 0.3 is 6.18 Å². The molecule has 0 bridgehead atoms. The number of benzene rings is 3. The van der Waals surface area contributed by atoms with Crippen molar-refractivity contribution in [3.8, 4) is 5.75 Å². The first-order valence-electron chi connectivity index (χ1n) is 9.81. The van der Waals surface area contributed by atoms with E-state index in [-0.39, 0.29) is 10.6 Å². The van der Waals surface area contributed by atoms with Gasteiger partial charge in [-0.1, -0.05) is 35.9 Å². The molecule has 1 aliphatic heterocycles. The van der Waals surface area contributed by atoms with Crippen molar-refractivity contribution in [2.24, 2.45) is 0 Å². The number of rotatable bonds is 5. The molecule has 3 aromatic carbocycles. The van der Waals surface area contributed by atoms with Crippen LogP contribution < -0.4 is 9.46 Å². The van der Waals surface area contributed by atoms with Gasteiger partial charge in [0.1, 0.15) is 11.9 Å². The van der Waals surface area contributed by atoms with Crippen molar-refractivity contribution in [1.82, 2.24) is 4.90 Å². The molecule has 1 atom stereocenters. The highest BCUT2D eigenvalue weighted by Gasteiger charge is 2.36. The summed E-state index contributed by atoms with van der Waals surface area (Å²) in [6, 6.07) is 12.5. The Hall–Kier alpha value is -2.49. The molecule has 0 aliphatic carbocycles. The summed E-state index contributed by atoms with van der Waals surface area (Å²) in [5.41, 5.74) is -0.981. The molecule has 1 saturated heterocycles. The van der Waals surface area contributed by atoms with Crippen LogP contribution in [0.4, 0.5) is 18.9 Å². The summed E-state index contributed by atoms with van der Waals surface area (Å²) in [5, 5.41) is 1.36. The lowest BCUT2D eigenvalue weighted by Crippen LogP contribution is -2.23. The molecular formula is C22H20ClF3N2O3S. The molecule has 10 heteroatoms. The first-order chi connectivity index (χ1) is 15.0. The van der Waals surface area contributed by atoms with Crippen LogP contribution in [0.15, 0.2) is 59.5 Å². The number of likely N-dealkylation sites (N-methyl/N-ethyl adjacent to an activating group) is 1. The minimum Gasteiger partial charge on any atom is -0.488 e. The van der Waals surface area contributed by atoms with E-state index < -0.39 is 33.6 Å². The maximum Gasteiger partial charge on any atom is 0.419 e. The number of likely N-dealkylation sites (tertiary alicyclic amines) is 1. The number of fused-ring (bicyclic) bond motifs is 1. The maximum atomic E-state index is 13.5. The average molecular weight is 485 g/mol. The number of alkyl halides is 3. The van der Waals surface area contributed by atoms with E-state index in [4.69, 9.17) is 16.3 Å². The van der Waals surface area contributed by atoms with Gasteiger partial charge in [-0.2, -0.15) is 13.2 Å². The molecule has 5 nitrogen and oxygen atoms in total. The number of halogens is 4. The van der Waals surface area contributed by atoms with Gasteiger partial charge in [-0.3, -0.25) is 4.72 Å². The van der Waals surface area contributed by atoms with E-state index in [1.807, 2.05) is 11.9 Å². The zero-order valence-corrected chi connectivity index (χ0v) is 18.6. The first-order valence-corrected chi connectivity index (χ1v) is 11.7. The molecule has 0 unspecified atom stereocenters. The monoisotopic (exact) mass is 484 g/mol. The van der Waals surface area contributed by atoms with Gasteiger partial charge in [-0.05, 0) is 37.7 Å². The van der Waals surface area contributed by atoms with Crippen LogP contribution in [0.3, 0.4) is 0 Å². The van der Waals surface area contributed by atoms with Gasteiger partial charge in [0.25, 0.3) is 10.0 Å². The van der Waals surface area contributed by atoms with Crippen molar-refractivity contribution in [2.45, 2.75) is 23.6 Å². The highest BCUT2D eigenvalue weighted by Crippen LogP contribution is 2.39. The van der Waals surface area contributed by atoms with Crippen molar-refractivity contribution in [3.63, 3.8) is 0 Å². The van der Waals surface area contributed by atoms with E-state index in [2.05, 4.69) is 4.72 Å². The number of hydrogen-bond donors (Lipinski definition) is 1. The molecule has 170 valence electrons. The number of anilines is 1. The molecular weight excluding hydrogens is 465 g/mol. The van der Waals surface area contributed by atoms with Crippen molar-refractivity contribution >= 4 is 38.1 Å². The predicted molar refractivity (Wildman–Crippen MR) is 118 cm³/mol. The lowest BCUT2D eigenvalue weighted by molar-refractivity contribution is -0.139. The molecule has 0 amide bonds. The highest BCUT2D eigenvalue weighted by atomic mass is 35.5. The van der Waals surface area contributed by atoms with Gasteiger partial charge in [0, 0.05) is 35.0 Å². The largest absolute Gasteiger partial charge is 0.488 e. The number of sulfonamides is 1. The molecule has 0 aromatic heterocycles. The summed E-state index contributed by atoms with van der Waals surface area (Å²) in [6.45, 7) is 1.20. The fourth-order valence-electron chi connectivity index (χ4n) is 3.78. The quantitative estimate of drug-likeness (QED) is 0.527. The zero-order chi connectivity index (χ0) is 23.1. The number of ether oxygens (including phenoxy) is 1. The van der Waals surface area contributed by atoms with E-state index in [1.165, 1.54) is 6.07 Å². The number of hydrogen-bond acceptors (Lipinski definition) is 4. The smallest absolute Gasteiger partial charge is 0.419 e. The fourth-order valence-corrected chi connectivity index (χ4v) is 5.29. The highest BCUT2D eigenvalue weighted by molar-refractivity contribution is 7.93. The van der Waals surface area contributed by atoms with Crippen LogP contribution in [0.5, 0.6) is 5.75 Å². The van der Waals surface area contributed by atoms with E-state index in [0.29, 0.717) is 35.3 Å². The third kappa shape index (κ3) is 4.65. The van der Waals surface area contributed by atoms with Gasteiger partial charge in [0.2, 0.25) is 0 Å². The molecule has 1 N–H and O–H groups in total. The van der Waals surface area contributed by atoms with Crippen LogP contribution in [0.2, 0.25) is 5.02 Å². The second kappa shape index (κ2) is 8.46. The Morgan fingerprint density at radius 2 is 1.81 bits per heavy atom. The minimum absolute atomic E-state index is 0.0293. The normalized spacial score (nSPS) is 17.6. The number of nitrogens with zero attached hydrogens (tertiary/aromatic N) is 1. The molecule has 32 heavy (non-hydrogen) atoms. The van der Waals surface area contributed by atoms with Crippen molar-refractivity contribution in [1.29, 1.82) is 0 Å². The topological polar surface area (TPSA) is 58.6 Å². The fraction of sp³-hybridized carbons (Fsp3) is 0.273. The van der Waals surface area contributed by atoms with E-state index in [9.17, 15) is 21.6 Å². The van der Waals surface area contributed by atoms with Gasteiger partial charge < -0.3 is 9.64 Å². The minimum atomic E-state index is -4.64. The Balaban J connectivity index is 1.70. The van der Waals surface area contributed by atoms with Crippen LogP contribution in [-0.4, -0.2) is 39.6 Å². The maximum absolute atomic E-state index is 13.5. The summed E-state index contributed by atoms with van der Waals surface area (Å²) in [5.74, 6) is -0.404.